The molecule has 1 aliphatic heterocycles. The Hall–Kier alpha value is -1.46. The van der Waals surface area contributed by atoms with Gasteiger partial charge in [0.2, 0.25) is 5.91 Å². The lowest BCUT2D eigenvalue weighted by atomic mass is 10.3. The highest BCUT2D eigenvalue weighted by Gasteiger charge is 2.17. The van der Waals surface area contributed by atoms with Crippen molar-refractivity contribution in [3.8, 4) is 11.5 Å². The summed E-state index contributed by atoms with van der Waals surface area (Å²) in [6.45, 7) is 6.56. The zero-order valence-corrected chi connectivity index (χ0v) is 16.2. The van der Waals surface area contributed by atoms with Crippen LogP contribution >= 0.6 is 12.4 Å². The van der Waals surface area contributed by atoms with Crippen LogP contribution in [0.5, 0.6) is 11.5 Å². The minimum absolute atomic E-state index is 0. The highest BCUT2D eigenvalue weighted by atomic mass is 35.5. The van der Waals surface area contributed by atoms with Crippen molar-refractivity contribution in [2.45, 2.75) is 32.6 Å². The average molecular weight is 371 g/mol. The van der Waals surface area contributed by atoms with Gasteiger partial charge in [0.1, 0.15) is 18.1 Å². The monoisotopic (exact) mass is 370 g/mol. The Balaban J connectivity index is 0.00000312. The van der Waals surface area contributed by atoms with Crippen LogP contribution in [0.2, 0.25) is 0 Å². The number of hydrogen-bond acceptors (Lipinski definition) is 4. The maximum atomic E-state index is 12.2. The molecule has 0 saturated carbocycles. The summed E-state index contributed by atoms with van der Waals surface area (Å²) in [7, 11) is 1.84. The molecule has 0 aromatic heterocycles. The van der Waals surface area contributed by atoms with Crippen LogP contribution in [-0.4, -0.2) is 62.1 Å². The molecule has 0 N–H and O–H groups in total. The van der Waals surface area contributed by atoms with Crippen LogP contribution in [0.25, 0.3) is 0 Å². The van der Waals surface area contributed by atoms with E-state index in [9.17, 15) is 4.79 Å². The van der Waals surface area contributed by atoms with Gasteiger partial charge in [-0.1, -0.05) is 19.4 Å². The molecule has 142 valence electrons. The van der Waals surface area contributed by atoms with Crippen molar-refractivity contribution in [3.63, 3.8) is 0 Å². The third-order valence-corrected chi connectivity index (χ3v) is 4.25. The number of ether oxygens (including phenoxy) is 2. The molecule has 0 radical (unpaired) electrons. The lowest BCUT2D eigenvalue weighted by Crippen LogP contribution is -2.38. The summed E-state index contributed by atoms with van der Waals surface area (Å²) in [6, 6.07) is 7.69. The quantitative estimate of drug-likeness (QED) is 0.593. The Labute approximate surface area is 157 Å². The van der Waals surface area contributed by atoms with E-state index in [0.29, 0.717) is 19.7 Å². The maximum absolute atomic E-state index is 12.2. The summed E-state index contributed by atoms with van der Waals surface area (Å²) >= 11 is 0. The molecule has 1 aliphatic rings. The fraction of sp³-hybridized carbons (Fsp3) is 0.632. The lowest BCUT2D eigenvalue weighted by Gasteiger charge is -2.21. The largest absolute Gasteiger partial charge is 0.493 e. The van der Waals surface area contributed by atoms with Gasteiger partial charge in [0.25, 0.3) is 0 Å². The van der Waals surface area contributed by atoms with Gasteiger partial charge in [0.15, 0.2) is 0 Å². The normalized spacial score (nSPS) is 14.0. The molecule has 0 aliphatic carbocycles. The van der Waals surface area contributed by atoms with Gasteiger partial charge in [-0.2, -0.15) is 0 Å². The second-order valence-electron chi connectivity index (χ2n) is 6.32. The van der Waals surface area contributed by atoms with Gasteiger partial charge in [-0.3, -0.25) is 9.69 Å². The molecule has 1 saturated heterocycles. The van der Waals surface area contributed by atoms with E-state index >= 15 is 0 Å². The predicted molar refractivity (Wildman–Crippen MR) is 103 cm³/mol. The number of hydrogen-bond donors (Lipinski definition) is 0. The molecular formula is C19H31ClN2O3. The van der Waals surface area contributed by atoms with E-state index < -0.39 is 0 Å². The SMILES string of the molecule is CCCCOc1cccc(OCCN(C)C(=O)CN2CCCC2)c1.Cl. The third-order valence-electron chi connectivity index (χ3n) is 4.25. The van der Waals surface area contributed by atoms with Crippen LogP contribution in [0.4, 0.5) is 0 Å². The molecule has 1 aromatic rings. The highest BCUT2D eigenvalue weighted by Crippen LogP contribution is 2.19. The fourth-order valence-electron chi connectivity index (χ4n) is 2.67. The summed E-state index contributed by atoms with van der Waals surface area (Å²) in [4.78, 5) is 16.1. The molecule has 0 unspecified atom stereocenters. The van der Waals surface area contributed by atoms with Gasteiger partial charge in [0, 0.05) is 13.1 Å². The van der Waals surface area contributed by atoms with Crippen molar-refractivity contribution < 1.29 is 14.3 Å². The number of carbonyl (C=O) groups excluding carboxylic acids is 1. The number of rotatable bonds is 10. The number of nitrogens with zero attached hydrogens (tertiary/aromatic N) is 2. The average Bonchev–Trinajstić information content (AvgIpc) is 3.08. The first kappa shape index (κ1) is 21.6. The first-order valence-corrected chi connectivity index (χ1v) is 9.01. The molecule has 1 heterocycles. The van der Waals surface area contributed by atoms with Crippen LogP contribution in [0.1, 0.15) is 32.6 Å². The predicted octanol–water partition coefficient (Wildman–Crippen LogP) is 3.22. The second-order valence-corrected chi connectivity index (χ2v) is 6.32. The number of likely N-dealkylation sites (N-methyl/N-ethyl adjacent to an activating group) is 1. The molecule has 1 amide bonds. The molecule has 1 aromatic carbocycles. The molecule has 1 fully saturated rings. The second kappa shape index (κ2) is 12.0. The van der Waals surface area contributed by atoms with Crippen molar-refractivity contribution in [1.29, 1.82) is 0 Å². The first-order valence-electron chi connectivity index (χ1n) is 9.01. The highest BCUT2D eigenvalue weighted by molar-refractivity contribution is 5.85. The van der Waals surface area contributed by atoms with Crippen LogP contribution in [0, 0.1) is 0 Å². The number of carbonyl (C=O) groups is 1. The number of amides is 1. The maximum Gasteiger partial charge on any atom is 0.236 e. The molecule has 2 rings (SSSR count). The number of unbranched alkanes of at least 4 members (excludes halogenated alkanes) is 1. The van der Waals surface area contributed by atoms with Gasteiger partial charge in [-0.15, -0.1) is 12.4 Å². The Kier molecular flexibility index (Phi) is 10.3. The third kappa shape index (κ3) is 7.97. The lowest BCUT2D eigenvalue weighted by molar-refractivity contribution is -0.131. The van der Waals surface area contributed by atoms with E-state index in [1.165, 1.54) is 12.8 Å². The molecule has 0 atom stereocenters. The molecule has 0 bridgehead atoms. The Morgan fingerprint density at radius 3 is 2.44 bits per heavy atom. The van der Waals surface area contributed by atoms with E-state index in [4.69, 9.17) is 9.47 Å². The van der Waals surface area contributed by atoms with Gasteiger partial charge in [-0.05, 0) is 44.5 Å². The zero-order valence-electron chi connectivity index (χ0n) is 15.4. The standard InChI is InChI=1S/C19H30N2O3.ClH/c1-3-4-13-23-17-8-7-9-18(15-17)24-14-12-20(2)19(22)16-21-10-5-6-11-21;/h7-9,15H,3-6,10-14,16H2,1-2H3;1H. The van der Waals surface area contributed by atoms with Gasteiger partial charge >= 0.3 is 0 Å². The van der Waals surface area contributed by atoms with E-state index in [0.717, 1.165) is 44.0 Å². The van der Waals surface area contributed by atoms with Crippen molar-refractivity contribution in [2.24, 2.45) is 0 Å². The van der Waals surface area contributed by atoms with Crippen LogP contribution in [0.3, 0.4) is 0 Å². The summed E-state index contributed by atoms with van der Waals surface area (Å²) in [5, 5.41) is 0. The molecule has 6 heteroatoms. The van der Waals surface area contributed by atoms with E-state index in [2.05, 4.69) is 11.8 Å². The summed E-state index contributed by atoms with van der Waals surface area (Å²) < 4.78 is 11.4. The minimum atomic E-state index is 0. The smallest absolute Gasteiger partial charge is 0.236 e. The van der Waals surface area contributed by atoms with E-state index in [1.807, 2.05) is 31.3 Å². The van der Waals surface area contributed by atoms with Crippen molar-refractivity contribution in [1.82, 2.24) is 9.80 Å². The molecule has 25 heavy (non-hydrogen) atoms. The number of benzene rings is 1. The van der Waals surface area contributed by atoms with Gasteiger partial charge < -0.3 is 14.4 Å². The Morgan fingerprint density at radius 1 is 1.16 bits per heavy atom. The first-order chi connectivity index (χ1) is 11.7. The van der Waals surface area contributed by atoms with Crippen molar-refractivity contribution in [3.05, 3.63) is 24.3 Å². The van der Waals surface area contributed by atoms with E-state index in [-0.39, 0.29) is 18.3 Å². The summed E-state index contributed by atoms with van der Waals surface area (Å²) in [5.74, 6) is 1.78. The van der Waals surface area contributed by atoms with Gasteiger partial charge in [-0.25, -0.2) is 0 Å². The zero-order chi connectivity index (χ0) is 17.2. The number of halogens is 1. The van der Waals surface area contributed by atoms with E-state index in [1.54, 1.807) is 4.90 Å². The fourth-order valence-corrected chi connectivity index (χ4v) is 2.67. The Bertz CT molecular complexity index is 507. The molecule has 5 nitrogen and oxygen atoms in total. The topological polar surface area (TPSA) is 42.0 Å². The number of likely N-dealkylation sites (tertiary alicyclic amines) is 1. The molecule has 0 spiro atoms. The van der Waals surface area contributed by atoms with Crippen molar-refractivity contribution >= 4 is 18.3 Å². The van der Waals surface area contributed by atoms with Crippen LogP contribution < -0.4 is 9.47 Å². The summed E-state index contributed by atoms with van der Waals surface area (Å²) in [6.07, 6.45) is 4.58. The Morgan fingerprint density at radius 2 is 1.80 bits per heavy atom. The summed E-state index contributed by atoms with van der Waals surface area (Å²) in [5.41, 5.74) is 0. The van der Waals surface area contributed by atoms with Crippen LogP contribution in [-0.2, 0) is 4.79 Å². The minimum Gasteiger partial charge on any atom is -0.493 e. The van der Waals surface area contributed by atoms with Crippen LogP contribution in [0.15, 0.2) is 24.3 Å². The van der Waals surface area contributed by atoms with Gasteiger partial charge in [0.05, 0.1) is 19.7 Å². The molecular weight excluding hydrogens is 340 g/mol. The van der Waals surface area contributed by atoms with Crippen molar-refractivity contribution in [2.75, 3.05) is 46.4 Å².